The summed E-state index contributed by atoms with van der Waals surface area (Å²) < 4.78 is 10.9. The first-order valence-electron chi connectivity index (χ1n) is 5.59. The van der Waals surface area contributed by atoms with Gasteiger partial charge in [0.15, 0.2) is 11.5 Å². The van der Waals surface area contributed by atoms with Gasteiger partial charge in [-0.2, -0.15) is 0 Å². The summed E-state index contributed by atoms with van der Waals surface area (Å²) in [4.78, 5) is 10.4. The maximum Gasteiger partial charge on any atom is 0.161 e. The molecule has 0 unspecified atom stereocenters. The summed E-state index contributed by atoms with van der Waals surface area (Å²) in [7, 11) is 0. The predicted molar refractivity (Wildman–Crippen MR) is 57.3 cm³/mol. The molecule has 1 aliphatic rings. The summed E-state index contributed by atoms with van der Waals surface area (Å²) >= 11 is 0. The zero-order chi connectivity index (χ0) is 12.3. The van der Waals surface area contributed by atoms with E-state index in [1.807, 2.05) is 18.2 Å². The minimum Gasteiger partial charge on any atom is -0.550 e. The first-order chi connectivity index (χ1) is 8.16. The Morgan fingerprint density at radius 3 is 2.76 bits per heavy atom. The van der Waals surface area contributed by atoms with Crippen LogP contribution >= 0.6 is 0 Å². The summed E-state index contributed by atoms with van der Waals surface area (Å²) in [6.45, 7) is 1.10. The predicted octanol–water partition coefficient (Wildman–Crippen LogP) is -0.729. The van der Waals surface area contributed by atoms with Crippen molar-refractivity contribution in [3.63, 3.8) is 0 Å². The second-order valence-electron chi connectivity index (χ2n) is 4.01. The molecule has 0 amide bonds. The van der Waals surface area contributed by atoms with E-state index in [4.69, 9.17) is 9.47 Å². The van der Waals surface area contributed by atoms with E-state index in [9.17, 15) is 9.90 Å². The van der Waals surface area contributed by atoms with Gasteiger partial charge in [0.25, 0.3) is 0 Å². The van der Waals surface area contributed by atoms with Gasteiger partial charge in [-0.15, -0.1) is 0 Å². The molecule has 92 valence electrons. The zero-order valence-corrected chi connectivity index (χ0v) is 9.48. The van der Waals surface area contributed by atoms with E-state index in [1.165, 1.54) is 0 Å². The number of hydrogen-bond acceptors (Lipinski definition) is 4. The number of quaternary nitrogens is 1. The number of carbonyl (C=O) groups excluding carboxylic acids is 1. The first kappa shape index (κ1) is 11.7. The monoisotopic (exact) mass is 237 g/mol. The molecule has 0 spiro atoms. The molecule has 0 saturated heterocycles. The second kappa shape index (κ2) is 5.05. The number of carboxylic acid groups (broad SMARTS) is 1. The van der Waals surface area contributed by atoms with E-state index < -0.39 is 5.97 Å². The lowest BCUT2D eigenvalue weighted by Gasteiger charge is -2.19. The van der Waals surface area contributed by atoms with Crippen molar-refractivity contribution in [2.45, 2.75) is 18.9 Å². The summed E-state index contributed by atoms with van der Waals surface area (Å²) in [5, 5.41) is 10.4. The van der Waals surface area contributed by atoms with Gasteiger partial charge in [-0.3, -0.25) is 0 Å². The van der Waals surface area contributed by atoms with Crippen LogP contribution in [0, 0.1) is 0 Å². The molecule has 1 atom stereocenters. The van der Waals surface area contributed by atoms with Crippen molar-refractivity contribution in [3.8, 4) is 11.5 Å². The van der Waals surface area contributed by atoms with Crippen LogP contribution < -0.4 is 20.3 Å². The fraction of sp³-hybridized carbons (Fsp3) is 0.417. The molecule has 1 heterocycles. The summed E-state index contributed by atoms with van der Waals surface area (Å²) in [6.07, 6.45) is 0.477. The summed E-state index contributed by atoms with van der Waals surface area (Å²) in [6, 6.07) is 5.51. The lowest BCUT2D eigenvalue weighted by molar-refractivity contribution is -0.428. The molecule has 0 fully saturated rings. The van der Waals surface area contributed by atoms with Gasteiger partial charge in [0.05, 0.1) is 0 Å². The molecule has 2 rings (SSSR count). The van der Waals surface area contributed by atoms with Crippen LogP contribution in [-0.2, 0) is 4.79 Å². The average Bonchev–Trinajstić information content (AvgIpc) is 2.35. The molecule has 0 radical (unpaired) electrons. The van der Waals surface area contributed by atoms with E-state index in [0.717, 1.165) is 11.3 Å². The van der Waals surface area contributed by atoms with Crippen molar-refractivity contribution in [2.75, 3.05) is 13.2 Å². The summed E-state index contributed by atoms with van der Waals surface area (Å²) in [5.41, 5.74) is 4.90. The Kier molecular flexibility index (Phi) is 3.49. The Balaban J connectivity index is 2.08. The van der Waals surface area contributed by atoms with Crippen LogP contribution in [0.4, 0.5) is 0 Å². The lowest BCUT2D eigenvalue weighted by Crippen LogP contribution is -2.53. The fourth-order valence-corrected chi connectivity index (χ4v) is 1.77. The molecule has 1 aliphatic heterocycles. The quantitative estimate of drug-likeness (QED) is 0.748. The number of benzene rings is 1. The molecular formula is C12H15NO4. The molecule has 1 aromatic rings. The maximum absolute atomic E-state index is 10.4. The Hall–Kier alpha value is -1.75. The normalized spacial score (nSPS) is 15.4. The molecule has 0 saturated carbocycles. The molecule has 5 nitrogen and oxygen atoms in total. The second-order valence-corrected chi connectivity index (χ2v) is 4.01. The third kappa shape index (κ3) is 2.88. The lowest BCUT2D eigenvalue weighted by atomic mass is 10.0. The van der Waals surface area contributed by atoms with E-state index in [0.29, 0.717) is 25.4 Å². The number of fused-ring (bicyclic) bond motifs is 1. The van der Waals surface area contributed by atoms with Crippen LogP contribution in [0.3, 0.4) is 0 Å². The highest BCUT2D eigenvalue weighted by Gasteiger charge is 2.16. The van der Waals surface area contributed by atoms with E-state index in [2.05, 4.69) is 5.73 Å². The van der Waals surface area contributed by atoms with Crippen LogP contribution in [-0.4, -0.2) is 19.2 Å². The van der Waals surface area contributed by atoms with Crippen LogP contribution in [0.15, 0.2) is 18.2 Å². The van der Waals surface area contributed by atoms with Crippen LogP contribution in [0.2, 0.25) is 0 Å². The molecule has 1 aromatic carbocycles. The van der Waals surface area contributed by atoms with Gasteiger partial charge in [0, 0.05) is 18.0 Å². The first-order valence-corrected chi connectivity index (χ1v) is 5.59. The van der Waals surface area contributed by atoms with Gasteiger partial charge in [0.2, 0.25) is 0 Å². The van der Waals surface area contributed by atoms with E-state index >= 15 is 0 Å². The van der Waals surface area contributed by atoms with Gasteiger partial charge in [0.1, 0.15) is 19.3 Å². The van der Waals surface area contributed by atoms with Gasteiger partial charge in [-0.25, -0.2) is 0 Å². The van der Waals surface area contributed by atoms with Crippen LogP contribution in [0.1, 0.15) is 24.4 Å². The van der Waals surface area contributed by atoms with Crippen molar-refractivity contribution in [2.24, 2.45) is 0 Å². The topological polar surface area (TPSA) is 86.2 Å². The minimum atomic E-state index is -1.05. The molecule has 5 heteroatoms. The number of rotatable bonds is 4. The summed E-state index contributed by atoms with van der Waals surface area (Å²) in [5.74, 6) is 0.388. The smallest absolute Gasteiger partial charge is 0.161 e. The third-order valence-corrected chi connectivity index (χ3v) is 2.73. The van der Waals surface area contributed by atoms with Crippen LogP contribution in [0.25, 0.3) is 0 Å². The Labute approximate surface area is 99.1 Å². The number of carboxylic acids is 1. The van der Waals surface area contributed by atoms with Crippen LogP contribution in [0.5, 0.6) is 11.5 Å². The number of ether oxygens (including phenoxy) is 2. The molecule has 0 bridgehead atoms. The van der Waals surface area contributed by atoms with E-state index in [1.54, 1.807) is 0 Å². The maximum atomic E-state index is 10.4. The van der Waals surface area contributed by atoms with Gasteiger partial charge in [-0.05, 0) is 24.6 Å². The number of hydrogen-bond donors (Lipinski definition) is 1. The van der Waals surface area contributed by atoms with Crippen molar-refractivity contribution in [3.05, 3.63) is 23.8 Å². The number of aliphatic carboxylic acids is 1. The Morgan fingerprint density at radius 1 is 1.35 bits per heavy atom. The van der Waals surface area contributed by atoms with Gasteiger partial charge < -0.3 is 25.1 Å². The highest BCUT2D eigenvalue weighted by molar-refractivity contribution is 5.64. The molecular weight excluding hydrogens is 222 g/mol. The van der Waals surface area contributed by atoms with Crippen molar-refractivity contribution in [1.82, 2.24) is 0 Å². The van der Waals surface area contributed by atoms with Gasteiger partial charge >= 0.3 is 0 Å². The van der Waals surface area contributed by atoms with Gasteiger partial charge in [-0.1, -0.05) is 0 Å². The molecule has 3 N–H and O–H groups in total. The van der Waals surface area contributed by atoms with E-state index in [-0.39, 0.29) is 12.5 Å². The van der Waals surface area contributed by atoms with Crippen molar-refractivity contribution >= 4 is 5.97 Å². The minimum absolute atomic E-state index is 0.0165. The Bertz CT molecular complexity index is 419. The van der Waals surface area contributed by atoms with Crippen molar-refractivity contribution < 1.29 is 25.1 Å². The zero-order valence-electron chi connectivity index (χ0n) is 9.48. The molecule has 0 aliphatic carbocycles. The SMILES string of the molecule is [NH3+][C@H](CCC(=O)[O-])c1ccc2c(c1)OCCO2. The highest BCUT2D eigenvalue weighted by Crippen LogP contribution is 2.32. The highest BCUT2D eigenvalue weighted by atomic mass is 16.6. The third-order valence-electron chi connectivity index (χ3n) is 2.73. The molecule has 17 heavy (non-hydrogen) atoms. The fourth-order valence-electron chi connectivity index (χ4n) is 1.77. The average molecular weight is 237 g/mol. The molecule has 0 aromatic heterocycles. The number of carbonyl (C=O) groups is 1. The van der Waals surface area contributed by atoms with Crippen molar-refractivity contribution in [1.29, 1.82) is 0 Å². The largest absolute Gasteiger partial charge is 0.550 e. The Morgan fingerprint density at radius 2 is 2.06 bits per heavy atom. The standard InChI is InChI=1S/C12H15NO4/c13-9(2-4-12(14)15)8-1-3-10-11(7-8)17-6-5-16-10/h1,3,7,9H,2,4-6,13H2,(H,14,15)/t9-/m1/s1.